The molecule has 25 heavy (non-hydrogen) atoms. The predicted molar refractivity (Wildman–Crippen MR) is 93.4 cm³/mol. The molecule has 0 bridgehead atoms. The third kappa shape index (κ3) is 3.69. The van der Waals surface area contributed by atoms with Crippen LogP contribution in [-0.2, 0) is 0 Å². The van der Waals surface area contributed by atoms with Crippen molar-refractivity contribution in [3.8, 4) is 23.0 Å². The van der Waals surface area contributed by atoms with Crippen molar-refractivity contribution in [3.05, 3.63) is 72.6 Å². The highest BCUT2D eigenvalue weighted by Gasteiger charge is 2.18. The molecule has 0 atom stereocenters. The second kappa shape index (κ2) is 7.35. The average molecular weight is 336 g/mol. The van der Waals surface area contributed by atoms with Gasteiger partial charge in [-0.25, -0.2) is 4.98 Å². The molecule has 0 aliphatic carbocycles. The van der Waals surface area contributed by atoms with Crippen LogP contribution in [-0.4, -0.2) is 23.1 Å². The molecule has 6 heteroatoms. The lowest BCUT2D eigenvalue weighted by molar-refractivity contribution is 0.101. The Labute approximate surface area is 144 Å². The van der Waals surface area contributed by atoms with Crippen molar-refractivity contribution < 1.29 is 19.4 Å². The number of hydrogen-bond acceptors (Lipinski definition) is 5. The van der Waals surface area contributed by atoms with Gasteiger partial charge in [-0.1, -0.05) is 30.3 Å². The van der Waals surface area contributed by atoms with Crippen LogP contribution >= 0.6 is 0 Å². The molecule has 0 unspecified atom stereocenters. The van der Waals surface area contributed by atoms with E-state index in [4.69, 9.17) is 9.47 Å². The van der Waals surface area contributed by atoms with E-state index >= 15 is 0 Å². The number of para-hydroxylation sites is 3. The minimum absolute atomic E-state index is 0.131. The first kappa shape index (κ1) is 16.3. The van der Waals surface area contributed by atoms with Crippen LogP contribution in [0.15, 0.2) is 66.9 Å². The molecule has 0 aliphatic heterocycles. The van der Waals surface area contributed by atoms with E-state index in [2.05, 4.69) is 10.3 Å². The second-order valence-corrected chi connectivity index (χ2v) is 5.08. The molecule has 2 N–H and O–H groups in total. The van der Waals surface area contributed by atoms with Gasteiger partial charge < -0.3 is 19.9 Å². The van der Waals surface area contributed by atoms with E-state index in [9.17, 15) is 9.90 Å². The number of aromatic hydroxyl groups is 1. The average Bonchev–Trinajstić information content (AvgIpc) is 2.64. The Morgan fingerprint density at radius 3 is 2.48 bits per heavy atom. The van der Waals surface area contributed by atoms with E-state index in [1.54, 1.807) is 24.3 Å². The van der Waals surface area contributed by atoms with E-state index in [1.807, 2.05) is 30.3 Å². The molecule has 0 saturated heterocycles. The molecule has 1 amide bonds. The number of carbonyl (C=O) groups is 1. The van der Waals surface area contributed by atoms with Gasteiger partial charge in [0.15, 0.2) is 22.9 Å². The van der Waals surface area contributed by atoms with Crippen molar-refractivity contribution in [1.29, 1.82) is 0 Å². The normalized spacial score (nSPS) is 10.1. The van der Waals surface area contributed by atoms with E-state index in [1.165, 1.54) is 19.4 Å². The number of ether oxygens (including phenoxy) is 2. The Morgan fingerprint density at radius 1 is 1.00 bits per heavy atom. The molecule has 2 aromatic carbocycles. The topological polar surface area (TPSA) is 80.7 Å². The number of carbonyl (C=O) groups excluding carboxylic acids is 1. The summed E-state index contributed by atoms with van der Waals surface area (Å²) in [6.07, 6.45) is 1.39. The molecule has 0 fully saturated rings. The molecule has 6 nitrogen and oxygen atoms in total. The smallest absolute Gasteiger partial charge is 0.278 e. The number of hydrogen-bond donors (Lipinski definition) is 2. The lowest BCUT2D eigenvalue weighted by atomic mass is 10.2. The van der Waals surface area contributed by atoms with Crippen LogP contribution in [0, 0.1) is 0 Å². The Morgan fingerprint density at radius 2 is 1.72 bits per heavy atom. The highest BCUT2D eigenvalue weighted by molar-refractivity contribution is 6.05. The molecule has 126 valence electrons. The summed E-state index contributed by atoms with van der Waals surface area (Å²) in [6, 6.07) is 17.7. The van der Waals surface area contributed by atoms with Crippen LogP contribution < -0.4 is 14.8 Å². The van der Waals surface area contributed by atoms with Crippen molar-refractivity contribution >= 4 is 11.6 Å². The van der Waals surface area contributed by atoms with Crippen molar-refractivity contribution in [3.63, 3.8) is 0 Å². The molecule has 0 spiro atoms. The summed E-state index contributed by atoms with van der Waals surface area (Å²) < 4.78 is 10.8. The van der Waals surface area contributed by atoms with E-state index in [0.717, 1.165) is 0 Å². The van der Waals surface area contributed by atoms with Gasteiger partial charge in [-0.15, -0.1) is 0 Å². The van der Waals surface area contributed by atoms with Crippen molar-refractivity contribution in [2.45, 2.75) is 0 Å². The second-order valence-electron chi connectivity index (χ2n) is 5.08. The zero-order valence-electron chi connectivity index (χ0n) is 13.5. The Kier molecular flexibility index (Phi) is 4.80. The van der Waals surface area contributed by atoms with Crippen LogP contribution in [0.2, 0.25) is 0 Å². The SMILES string of the molecule is COc1ccnc(C(=O)Nc2ccccc2Oc2ccccc2)c1O. The Balaban J connectivity index is 1.85. The number of pyridine rings is 1. The van der Waals surface area contributed by atoms with Crippen molar-refractivity contribution in [2.24, 2.45) is 0 Å². The largest absolute Gasteiger partial charge is 0.503 e. The number of nitrogens with zero attached hydrogens (tertiary/aromatic N) is 1. The first-order valence-electron chi connectivity index (χ1n) is 7.54. The van der Waals surface area contributed by atoms with Gasteiger partial charge in [-0.3, -0.25) is 4.79 Å². The summed E-state index contributed by atoms with van der Waals surface area (Å²) in [7, 11) is 1.40. The number of rotatable bonds is 5. The summed E-state index contributed by atoms with van der Waals surface area (Å²) in [4.78, 5) is 16.4. The Bertz CT molecular complexity index is 882. The van der Waals surface area contributed by atoms with E-state index in [0.29, 0.717) is 17.2 Å². The predicted octanol–water partition coefficient (Wildman–Crippen LogP) is 3.84. The number of methoxy groups -OCH3 is 1. The molecule has 3 aromatic rings. The molecular weight excluding hydrogens is 320 g/mol. The Hall–Kier alpha value is -3.54. The van der Waals surface area contributed by atoms with E-state index in [-0.39, 0.29) is 17.2 Å². The third-order valence-electron chi connectivity index (χ3n) is 3.43. The van der Waals surface area contributed by atoms with Crippen LogP contribution in [0.5, 0.6) is 23.0 Å². The molecule has 0 radical (unpaired) electrons. The lowest BCUT2D eigenvalue weighted by Gasteiger charge is -2.13. The number of aromatic nitrogens is 1. The van der Waals surface area contributed by atoms with Gasteiger partial charge >= 0.3 is 0 Å². The number of benzene rings is 2. The molecule has 1 heterocycles. The maximum Gasteiger partial charge on any atom is 0.278 e. The fourth-order valence-electron chi connectivity index (χ4n) is 2.22. The number of amides is 1. The van der Waals surface area contributed by atoms with Crippen LogP contribution in [0.4, 0.5) is 5.69 Å². The molecule has 0 aliphatic rings. The lowest BCUT2D eigenvalue weighted by Crippen LogP contribution is -2.14. The van der Waals surface area contributed by atoms with Gasteiger partial charge in [0.1, 0.15) is 5.75 Å². The summed E-state index contributed by atoms with van der Waals surface area (Å²) in [5.74, 6) is 0.412. The number of anilines is 1. The molecular formula is C19H16N2O4. The molecule has 3 rings (SSSR count). The van der Waals surface area contributed by atoms with Crippen LogP contribution in [0.3, 0.4) is 0 Å². The standard InChI is InChI=1S/C19H16N2O4/c1-24-16-11-12-20-17(18(16)22)19(23)21-14-9-5-6-10-15(14)25-13-7-3-2-4-8-13/h2-12,22H,1H3,(H,21,23). The summed E-state index contributed by atoms with van der Waals surface area (Å²) in [5.41, 5.74) is 0.328. The fourth-order valence-corrected chi connectivity index (χ4v) is 2.22. The quantitative estimate of drug-likeness (QED) is 0.740. The maximum absolute atomic E-state index is 12.5. The highest BCUT2D eigenvalue weighted by atomic mass is 16.5. The minimum atomic E-state index is -0.569. The van der Waals surface area contributed by atoms with Crippen LogP contribution in [0.25, 0.3) is 0 Å². The monoisotopic (exact) mass is 336 g/mol. The minimum Gasteiger partial charge on any atom is -0.503 e. The van der Waals surface area contributed by atoms with Gasteiger partial charge in [0, 0.05) is 12.3 Å². The summed E-state index contributed by atoms with van der Waals surface area (Å²) >= 11 is 0. The molecule has 1 aromatic heterocycles. The van der Waals surface area contributed by atoms with Gasteiger partial charge in [-0.05, 0) is 24.3 Å². The van der Waals surface area contributed by atoms with Gasteiger partial charge in [0.05, 0.1) is 12.8 Å². The van der Waals surface area contributed by atoms with E-state index < -0.39 is 5.91 Å². The maximum atomic E-state index is 12.5. The van der Waals surface area contributed by atoms with Gasteiger partial charge in [0.2, 0.25) is 0 Å². The van der Waals surface area contributed by atoms with Crippen LogP contribution in [0.1, 0.15) is 10.5 Å². The summed E-state index contributed by atoms with van der Waals surface area (Å²) in [6.45, 7) is 0. The fraction of sp³-hybridized carbons (Fsp3) is 0.0526. The van der Waals surface area contributed by atoms with Crippen molar-refractivity contribution in [2.75, 3.05) is 12.4 Å². The van der Waals surface area contributed by atoms with Crippen molar-refractivity contribution in [1.82, 2.24) is 4.98 Å². The first-order chi connectivity index (χ1) is 12.2. The van der Waals surface area contributed by atoms with Gasteiger partial charge in [0.25, 0.3) is 5.91 Å². The zero-order chi connectivity index (χ0) is 17.6. The highest BCUT2D eigenvalue weighted by Crippen LogP contribution is 2.31. The third-order valence-corrected chi connectivity index (χ3v) is 3.43. The molecule has 0 saturated carbocycles. The first-order valence-corrected chi connectivity index (χ1v) is 7.54. The zero-order valence-corrected chi connectivity index (χ0v) is 13.5. The number of nitrogens with one attached hydrogen (secondary N) is 1. The van der Waals surface area contributed by atoms with Gasteiger partial charge in [-0.2, -0.15) is 0 Å². The summed E-state index contributed by atoms with van der Waals surface area (Å²) in [5, 5.41) is 12.8.